The second-order valence-corrected chi connectivity index (χ2v) is 4.34. The lowest BCUT2D eigenvalue weighted by molar-refractivity contribution is 0.867. The van der Waals surface area contributed by atoms with Gasteiger partial charge in [0.15, 0.2) is 0 Å². The molecular formula is C11H13BrN4. The van der Waals surface area contributed by atoms with E-state index in [0.29, 0.717) is 5.95 Å². The predicted molar refractivity (Wildman–Crippen MR) is 67.0 cm³/mol. The van der Waals surface area contributed by atoms with Gasteiger partial charge in [0.05, 0.1) is 5.69 Å². The Morgan fingerprint density at radius 2 is 2.19 bits per heavy atom. The van der Waals surface area contributed by atoms with Gasteiger partial charge >= 0.3 is 0 Å². The van der Waals surface area contributed by atoms with E-state index in [0.717, 1.165) is 28.8 Å². The molecule has 0 radical (unpaired) electrons. The lowest BCUT2D eigenvalue weighted by Gasteiger charge is -1.99. The van der Waals surface area contributed by atoms with E-state index in [1.165, 1.54) is 0 Å². The minimum atomic E-state index is 0.530. The topological polar surface area (TPSA) is 56.7 Å². The van der Waals surface area contributed by atoms with Crippen LogP contribution in [-0.4, -0.2) is 14.5 Å². The minimum Gasteiger partial charge on any atom is -0.369 e. The summed E-state index contributed by atoms with van der Waals surface area (Å²) in [5, 5.41) is 0. The highest BCUT2D eigenvalue weighted by molar-refractivity contribution is 9.10. The molecule has 2 N–H and O–H groups in total. The molecule has 2 aromatic rings. The van der Waals surface area contributed by atoms with Crippen molar-refractivity contribution < 1.29 is 0 Å². The predicted octanol–water partition coefficient (Wildman–Crippen LogP) is 1.95. The Balaban J connectivity index is 2.08. The second kappa shape index (κ2) is 4.65. The molecule has 16 heavy (non-hydrogen) atoms. The Morgan fingerprint density at radius 3 is 2.75 bits per heavy atom. The molecule has 0 bridgehead atoms. The summed E-state index contributed by atoms with van der Waals surface area (Å²) in [5.74, 6) is 0.530. The van der Waals surface area contributed by atoms with E-state index in [1.807, 2.05) is 29.8 Å². The van der Waals surface area contributed by atoms with Gasteiger partial charge in [-0.1, -0.05) is 6.07 Å². The molecule has 0 aliphatic heterocycles. The summed E-state index contributed by atoms with van der Waals surface area (Å²) in [6, 6.07) is 5.92. The highest BCUT2D eigenvalue weighted by Crippen LogP contribution is 2.19. The molecule has 0 unspecified atom stereocenters. The van der Waals surface area contributed by atoms with Crippen LogP contribution in [0.25, 0.3) is 0 Å². The van der Waals surface area contributed by atoms with Crippen molar-refractivity contribution in [3.8, 4) is 0 Å². The number of pyridine rings is 1. The van der Waals surface area contributed by atoms with E-state index in [9.17, 15) is 0 Å². The fourth-order valence-electron chi connectivity index (χ4n) is 1.51. The van der Waals surface area contributed by atoms with Gasteiger partial charge in [0.25, 0.3) is 0 Å². The molecule has 2 aromatic heterocycles. The van der Waals surface area contributed by atoms with Crippen LogP contribution in [-0.2, 0) is 19.9 Å². The molecule has 84 valence electrons. The van der Waals surface area contributed by atoms with Crippen LogP contribution in [0.2, 0.25) is 0 Å². The summed E-state index contributed by atoms with van der Waals surface area (Å²) >= 11 is 3.47. The highest BCUT2D eigenvalue weighted by atomic mass is 79.9. The number of aryl methyl sites for hydroxylation is 2. The molecule has 2 heterocycles. The Labute approximate surface area is 103 Å². The van der Waals surface area contributed by atoms with Gasteiger partial charge in [-0.25, -0.2) is 4.98 Å². The van der Waals surface area contributed by atoms with E-state index in [1.54, 1.807) is 6.20 Å². The van der Waals surface area contributed by atoms with Crippen molar-refractivity contribution in [2.75, 3.05) is 5.73 Å². The van der Waals surface area contributed by atoms with Gasteiger partial charge in [0.1, 0.15) is 4.60 Å². The number of anilines is 1. The van der Waals surface area contributed by atoms with Crippen molar-refractivity contribution in [3.05, 3.63) is 40.4 Å². The van der Waals surface area contributed by atoms with Gasteiger partial charge in [-0.3, -0.25) is 4.98 Å². The summed E-state index contributed by atoms with van der Waals surface area (Å²) in [5.41, 5.74) is 7.76. The summed E-state index contributed by atoms with van der Waals surface area (Å²) in [6.07, 6.45) is 3.51. The van der Waals surface area contributed by atoms with Gasteiger partial charge in [-0.2, -0.15) is 0 Å². The molecule has 0 atom stereocenters. The summed E-state index contributed by atoms with van der Waals surface area (Å²) in [6.45, 7) is 0. The van der Waals surface area contributed by atoms with Crippen LogP contribution in [0.4, 0.5) is 5.95 Å². The van der Waals surface area contributed by atoms with E-state index in [-0.39, 0.29) is 0 Å². The maximum atomic E-state index is 5.72. The van der Waals surface area contributed by atoms with E-state index in [2.05, 4.69) is 25.9 Å². The number of imidazole rings is 1. The molecule has 0 fully saturated rings. The fraction of sp³-hybridized carbons (Fsp3) is 0.273. The summed E-state index contributed by atoms with van der Waals surface area (Å²) in [4.78, 5) is 8.56. The molecule has 5 heteroatoms. The van der Waals surface area contributed by atoms with Gasteiger partial charge in [-0.15, -0.1) is 0 Å². The standard InChI is InChI=1S/C11H13BrN4/c1-16-10(12)9(15-11(16)13)6-5-8-4-2-3-7-14-8/h2-4,7H,5-6H2,1H3,(H2,13,15). The summed E-state index contributed by atoms with van der Waals surface area (Å²) < 4.78 is 2.77. The zero-order valence-electron chi connectivity index (χ0n) is 9.02. The van der Waals surface area contributed by atoms with Crippen molar-refractivity contribution in [2.45, 2.75) is 12.8 Å². The van der Waals surface area contributed by atoms with Crippen molar-refractivity contribution in [1.29, 1.82) is 0 Å². The van der Waals surface area contributed by atoms with Crippen LogP contribution in [0.1, 0.15) is 11.4 Å². The van der Waals surface area contributed by atoms with Crippen molar-refractivity contribution >= 4 is 21.9 Å². The zero-order valence-corrected chi connectivity index (χ0v) is 10.6. The fourth-order valence-corrected chi connectivity index (χ4v) is 1.97. The number of rotatable bonds is 3. The molecule has 0 aliphatic carbocycles. The van der Waals surface area contributed by atoms with Crippen LogP contribution in [0.5, 0.6) is 0 Å². The zero-order chi connectivity index (χ0) is 11.5. The molecule has 0 amide bonds. The molecule has 0 saturated carbocycles. The van der Waals surface area contributed by atoms with Gasteiger partial charge in [0, 0.05) is 18.9 Å². The molecular weight excluding hydrogens is 268 g/mol. The molecule has 0 saturated heterocycles. The number of nitrogen functional groups attached to an aromatic ring is 1. The van der Waals surface area contributed by atoms with Crippen LogP contribution >= 0.6 is 15.9 Å². The first kappa shape index (κ1) is 11.1. The minimum absolute atomic E-state index is 0.530. The van der Waals surface area contributed by atoms with E-state index >= 15 is 0 Å². The van der Waals surface area contributed by atoms with Crippen molar-refractivity contribution in [3.63, 3.8) is 0 Å². The Kier molecular flexibility index (Phi) is 3.24. The first-order chi connectivity index (χ1) is 7.68. The molecule has 0 aliphatic rings. The Bertz CT molecular complexity index is 478. The number of aromatic nitrogens is 3. The molecule has 0 spiro atoms. The maximum Gasteiger partial charge on any atom is 0.201 e. The number of nitrogens with two attached hydrogens (primary N) is 1. The average Bonchev–Trinajstić information content (AvgIpc) is 2.56. The first-order valence-corrected chi connectivity index (χ1v) is 5.84. The number of hydrogen-bond acceptors (Lipinski definition) is 3. The second-order valence-electron chi connectivity index (χ2n) is 3.59. The highest BCUT2D eigenvalue weighted by Gasteiger charge is 2.09. The van der Waals surface area contributed by atoms with Crippen LogP contribution in [0.3, 0.4) is 0 Å². The van der Waals surface area contributed by atoms with Crippen LogP contribution < -0.4 is 5.73 Å². The summed E-state index contributed by atoms with van der Waals surface area (Å²) in [7, 11) is 1.89. The van der Waals surface area contributed by atoms with Crippen molar-refractivity contribution in [1.82, 2.24) is 14.5 Å². The van der Waals surface area contributed by atoms with Crippen molar-refractivity contribution in [2.24, 2.45) is 7.05 Å². The van der Waals surface area contributed by atoms with Crippen LogP contribution in [0.15, 0.2) is 29.0 Å². The van der Waals surface area contributed by atoms with E-state index in [4.69, 9.17) is 5.73 Å². The molecule has 0 aromatic carbocycles. The van der Waals surface area contributed by atoms with Gasteiger partial charge in [0.2, 0.25) is 5.95 Å². The largest absolute Gasteiger partial charge is 0.369 e. The molecule has 2 rings (SSSR count). The lowest BCUT2D eigenvalue weighted by atomic mass is 10.2. The monoisotopic (exact) mass is 280 g/mol. The average molecular weight is 281 g/mol. The molecule has 4 nitrogen and oxygen atoms in total. The SMILES string of the molecule is Cn1c(N)nc(CCc2ccccn2)c1Br. The third-order valence-corrected chi connectivity index (χ3v) is 3.46. The number of hydrogen-bond donors (Lipinski definition) is 1. The Hall–Kier alpha value is -1.36. The van der Waals surface area contributed by atoms with Gasteiger partial charge in [-0.05, 0) is 40.9 Å². The van der Waals surface area contributed by atoms with Crippen LogP contribution in [0, 0.1) is 0 Å². The lowest BCUT2D eigenvalue weighted by Crippen LogP contribution is -1.96. The quantitative estimate of drug-likeness (QED) is 0.935. The van der Waals surface area contributed by atoms with E-state index < -0.39 is 0 Å². The van der Waals surface area contributed by atoms with Gasteiger partial charge < -0.3 is 10.3 Å². The Morgan fingerprint density at radius 1 is 1.38 bits per heavy atom. The normalized spacial score (nSPS) is 10.6. The number of nitrogens with zero attached hydrogens (tertiary/aromatic N) is 3. The third-order valence-electron chi connectivity index (χ3n) is 2.47. The smallest absolute Gasteiger partial charge is 0.201 e. The maximum absolute atomic E-state index is 5.72. The first-order valence-electron chi connectivity index (χ1n) is 5.05. The third kappa shape index (κ3) is 2.24. The number of halogens is 1.